The lowest BCUT2D eigenvalue weighted by Gasteiger charge is -2.05. The quantitative estimate of drug-likeness (QED) is 0.838. The Morgan fingerprint density at radius 1 is 1.62 bits per heavy atom. The van der Waals surface area contributed by atoms with Gasteiger partial charge in [-0.15, -0.1) is 0 Å². The van der Waals surface area contributed by atoms with Gasteiger partial charge >= 0.3 is 5.97 Å². The molecule has 2 N–H and O–H groups in total. The summed E-state index contributed by atoms with van der Waals surface area (Å²) in [6.07, 6.45) is 0. The Kier molecular flexibility index (Phi) is 3.47. The minimum absolute atomic E-state index is 0.165. The number of aliphatic carboxylic acids is 1. The van der Waals surface area contributed by atoms with Gasteiger partial charge in [-0.2, -0.15) is 0 Å². The van der Waals surface area contributed by atoms with E-state index in [0.717, 1.165) is 0 Å². The van der Waals surface area contributed by atoms with Crippen molar-refractivity contribution in [2.75, 3.05) is 11.9 Å². The summed E-state index contributed by atoms with van der Waals surface area (Å²) in [4.78, 5) is 10.2. The molecule has 1 aromatic carbocycles. The zero-order valence-electron chi connectivity index (χ0n) is 6.55. The van der Waals surface area contributed by atoms with Crippen molar-refractivity contribution in [3.05, 3.63) is 27.6 Å². The molecule has 0 spiro atoms. The molecule has 0 saturated heterocycles. The zero-order chi connectivity index (χ0) is 9.84. The van der Waals surface area contributed by atoms with Crippen molar-refractivity contribution >= 4 is 34.2 Å². The molecule has 0 atom stereocenters. The van der Waals surface area contributed by atoms with Crippen LogP contribution in [-0.4, -0.2) is 17.6 Å². The number of halogens is 2. The van der Waals surface area contributed by atoms with E-state index in [-0.39, 0.29) is 12.4 Å². The van der Waals surface area contributed by atoms with Gasteiger partial charge in [-0.3, -0.25) is 4.79 Å². The number of benzene rings is 1. The molecular formula is C8H7FINO2. The molecule has 0 amide bonds. The summed E-state index contributed by atoms with van der Waals surface area (Å²) >= 11 is 1.94. The molecule has 70 valence electrons. The third kappa shape index (κ3) is 3.17. The van der Waals surface area contributed by atoms with Crippen molar-refractivity contribution in [2.24, 2.45) is 0 Å². The van der Waals surface area contributed by atoms with Crippen LogP contribution in [0.3, 0.4) is 0 Å². The minimum atomic E-state index is -0.944. The van der Waals surface area contributed by atoms with Gasteiger partial charge in [-0.05, 0) is 40.8 Å². The number of carboxylic acids is 1. The monoisotopic (exact) mass is 295 g/mol. The first-order valence-electron chi connectivity index (χ1n) is 3.50. The van der Waals surface area contributed by atoms with Crippen molar-refractivity contribution in [3.8, 4) is 0 Å². The van der Waals surface area contributed by atoms with Crippen LogP contribution in [0.1, 0.15) is 0 Å². The maximum Gasteiger partial charge on any atom is 0.322 e. The number of hydrogen-bond donors (Lipinski definition) is 2. The summed E-state index contributed by atoms with van der Waals surface area (Å²) in [5.74, 6) is -1.27. The first-order valence-corrected chi connectivity index (χ1v) is 4.58. The second-order valence-electron chi connectivity index (χ2n) is 2.37. The van der Waals surface area contributed by atoms with E-state index in [1.54, 1.807) is 0 Å². The van der Waals surface area contributed by atoms with E-state index < -0.39 is 5.97 Å². The van der Waals surface area contributed by atoms with Crippen molar-refractivity contribution < 1.29 is 14.3 Å². The SMILES string of the molecule is O=C(O)CNc1ccc(F)cc1I. The predicted octanol–water partition coefficient (Wildman–Crippen LogP) is 1.93. The van der Waals surface area contributed by atoms with Crippen molar-refractivity contribution in [3.63, 3.8) is 0 Å². The molecule has 0 unspecified atom stereocenters. The topological polar surface area (TPSA) is 49.3 Å². The lowest BCUT2D eigenvalue weighted by Crippen LogP contribution is -2.12. The van der Waals surface area contributed by atoms with Crippen LogP contribution in [0, 0.1) is 9.39 Å². The number of hydrogen-bond acceptors (Lipinski definition) is 2. The average molecular weight is 295 g/mol. The molecule has 0 saturated carbocycles. The van der Waals surface area contributed by atoms with Gasteiger partial charge in [0.05, 0.1) is 0 Å². The van der Waals surface area contributed by atoms with Crippen LogP contribution in [0.2, 0.25) is 0 Å². The van der Waals surface area contributed by atoms with E-state index in [4.69, 9.17) is 5.11 Å². The summed E-state index contributed by atoms with van der Waals surface area (Å²) in [5.41, 5.74) is 0.629. The Hall–Kier alpha value is -0.850. The number of anilines is 1. The highest BCUT2D eigenvalue weighted by molar-refractivity contribution is 14.1. The van der Waals surface area contributed by atoms with Crippen LogP contribution < -0.4 is 5.32 Å². The highest BCUT2D eigenvalue weighted by Gasteiger charge is 2.02. The fourth-order valence-electron chi connectivity index (χ4n) is 0.804. The standard InChI is InChI=1S/C8H7FINO2/c9-5-1-2-7(6(10)3-5)11-4-8(12)13/h1-3,11H,4H2,(H,12,13). The van der Waals surface area contributed by atoms with Gasteiger partial charge in [-0.25, -0.2) is 4.39 Å². The molecular weight excluding hydrogens is 288 g/mol. The smallest absolute Gasteiger partial charge is 0.322 e. The lowest BCUT2D eigenvalue weighted by molar-refractivity contribution is -0.134. The molecule has 1 rings (SSSR count). The third-order valence-corrected chi connectivity index (χ3v) is 2.25. The van der Waals surface area contributed by atoms with Crippen LogP contribution in [-0.2, 0) is 4.79 Å². The normalized spacial score (nSPS) is 9.69. The van der Waals surface area contributed by atoms with E-state index in [9.17, 15) is 9.18 Å². The van der Waals surface area contributed by atoms with Gasteiger partial charge in [0, 0.05) is 9.26 Å². The van der Waals surface area contributed by atoms with Crippen LogP contribution in [0.15, 0.2) is 18.2 Å². The van der Waals surface area contributed by atoms with Crippen molar-refractivity contribution in [2.45, 2.75) is 0 Å². The zero-order valence-corrected chi connectivity index (χ0v) is 8.71. The van der Waals surface area contributed by atoms with E-state index in [1.165, 1.54) is 18.2 Å². The van der Waals surface area contributed by atoms with Crippen LogP contribution in [0.4, 0.5) is 10.1 Å². The number of nitrogens with one attached hydrogen (secondary N) is 1. The highest BCUT2D eigenvalue weighted by Crippen LogP contribution is 2.18. The largest absolute Gasteiger partial charge is 0.480 e. The molecule has 0 radical (unpaired) electrons. The second-order valence-corrected chi connectivity index (χ2v) is 3.53. The van der Waals surface area contributed by atoms with Crippen LogP contribution in [0.5, 0.6) is 0 Å². The van der Waals surface area contributed by atoms with Crippen LogP contribution >= 0.6 is 22.6 Å². The Labute approximate surface area is 88.1 Å². The highest BCUT2D eigenvalue weighted by atomic mass is 127. The van der Waals surface area contributed by atoms with Crippen LogP contribution in [0.25, 0.3) is 0 Å². The Balaban J connectivity index is 2.72. The Bertz CT molecular complexity index is 330. The summed E-state index contributed by atoms with van der Waals surface area (Å²) in [6.45, 7) is -0.165. The van der Waals surface area contributed by atoms with Gasteiger partial charge in [0.1, 0.15) is 12.4 Å². The molecule has 0 aliphatic heterocycles. The van der Waals surface area contributed by atoms with Crippen molar-refractivity contribution in [1.82, 2.24) is 0 Å². The lowest BCUT2D eigenvalue weighted by atomic mass is 10.3. The first kappa shape index (κ1) is 10.2. The fraction of sp³-hybridized carbons (Fsp3) is 0.125. The molecule has 13 heavy (non-hydrogen) atoms. The number of carboxylic acid groups (broad SMARTS) is 1. The van der Waals surface area contributed by atoms with Crippen molar-refractivity contribution in [1.29, 1.82) is 0 Å². The third-order valence-electron chi connectivity index (χ3n) is 1.36. The summed E-state index contributed by atoms with van der Waals surface area (Å²) in [5, 5.41) is 11.0. The summed E-state index contributed by atoms with van der Waals surface area (Å²) in [7, 11) is 0. The van der Waals surface area contributed by atoms with E-state index in [2.05, 4.69) is 5.32 Å². The predicted molar refractivity (Wildman–Crippen MR) is 55.2 cm³/mol. The van der Waals surface area contributed by atoms with E-state index >= 15 is 0 Å². The van der Waals surface area contributed by atoms with E-state index in [1.807, 2.05) is 22.6 Å². The molecule has 1 aromatic rings. The van der Waals surface area contributed by atoms with Gasteiger partial charge < -0.3 is 10.4 Å². The van der Waals surface area contributed by atoms with E-state index in [0.29, 0.717) is 9.26 Å². The molecule has 5 heteroatoms. The molecule has 3 nitrogen and oxygen atoms in total. The molecule has 0 bridgehead atoms. The van der Waals surface area contributed by atoms with Gasteiger partial charge in [0.25, 0.3) is 0 Å². The number of rotatable bonds is 3. The molecule has 0 aliphatic rings. The Morgan fingerprint density at radius 3 is 2.85 bits per heavy atom. The molecule has 0 fully saturated rings. The maximum atomic E-state index is 12.6. The molecule has 0 aliphatic carbocycles. The average Bonchev–Trinajstić information content (AvgIpc) is 2.02. The maximum absolute atomic E-state index is 12.6. The van der Waals surface area contributed by atoms with Gasteiger partial charge in [0.2, 0.25) is 0 Å². The van der Waals surface area contributed by atoms with Gasteiger partial charge in [0.15, 0.2) is 0 Å². The fourth-order valence-corrected chi connectivity index (χ4v) is 1.47. The van der Waals surface area contributed by atoms with Gasteiger partial charge in [-0.1, -0.05) is 0 Å². The minimum Gasteiger partial charge on any atom is -0.480 e. The summed E-state index contributed by atoms with van der Waals surface area (Å²) in [6, 6.07) is 4.14. The summed E-state index contributed by atoms with van der Waals surface area (Å²) < 4.78 is 13.3. The second kappa shape index (κ2) is 4.40. The number of carbonyl (C=O) groups is 1. The first-order chi connectivity index (χ1) is 6.09. The molecule has 0 aromatic heterocycles. The molecule has 0 heterocycles. The Morgan fingerprint density at radius 2 is 2.31 bits per heavy atom.